The number of nitrogens with one attached hydrogen (secondary N) is 1. The lowest BCUT2D eigenvalue weighted by Gasteiger charge is -2.17. The van der Waals surface area contributed by atoms with Gasteiger partial charge in [0.25, 0.3) is 5.91 Å². The van der Waals surface area contributed by atoms with Crippen LogP contribution in [-0.2, 0) is 6.54 Å². The van der Waals surface area contributed by atoms with Crippen LogP contribution in [0, 0.1) is 0 Å². The number of anilines is 1. The molecule has 120 valence electrons. The van der Waals surface area contributed by atoms with Gasteiger partial charge in [-0.05, 0) is 42.7 Å². The van der Waals surface area contributed by atoms with Gasteiger partial charge < -0.3 is 10.2 Å². The minimum absolute atomic E-state index is 0.132. The summed E-state index contributed by atoms with van der Waals surface area (Å²) in [6.45, 7) is 2.45. The minimum Gasteiger partial charge on any atom is -0.357 e. The first-order valence-electron chi connectivity index (χ1n) is 7.43. The molecule has 1 N–H and O–H groups in total. The monoisotopic (exact) mass is 350 g/mol. The summed E-state index contributed by atoms with van der Waals surface area (Å²) in [7, 11) is 0. The lowest BCUT2D eigenvalue weighted by Crippen LogP contribution is -2.25. The second-order valence-electron chi connectivity index (χ2n) is 5.36. The van der Waals surface area contributed by atoms with Crippen molar-refractivity contribution < 1.29 is 4.79 Å². The van der Waals surface area contributed by atoms with Gasteiger partial charge in [-0.3, -0.25) is 4.79 Å². The van der Waals surface area contributed by atoms with Crippen LogP contribution >= 0.6 is 23.2 Å². The highest BCUT2D eigenvalue weighted by Crippen LogP contribution is 2.19. The number of nitrogens with zero attached hydrogens (tertiary/aromatic N) is 3. The molecule has 0 atom stereocenters. The maximum absolute atomic E-state index is 12.2. The van der Waals surface area contributed by atoms with Gasteiger partial charge in [0.15, 0.2) is 0 Å². The number of hydrogen-bond acceptors (Lipinski definition) is 4. The fourth-order valence-electron chi connectivity index (χ4n) is 2.53. The molecule has 0 unspecified atom stereocenters. The predicted octanol–water partition coefficient (Wildman–Crippen LogP) is 3.31. The summed E-state index contributed by atoms with van der Waals surface area (Å²) in [5.41, 5.74) is 1.11. The van der Waals surface area contributed by atoms with Gasteiger partial charge in [0, 0.05) is 25.8 Å². The molecule has 0 spiro atoms. The normalized spacial score (nSPS) is 14.1. The molecule has 1 amide bonds. The smallest absolute Gasteiger partial charge is 0.271 e. The van der Waals surface area contributed by atoms with E-state index in [1.165, 1.54) is 12.8 Å². The van der Waals surface area contributed by atoms with E-state index < -0.39 is 0 Å². The van der Waals surface area contributed by atoms with E-state index in [0.29, 0.717) is 6.54 Å². The van der Waals surface area contributed by atoms with Crippen LogP contribution in [0.5, 0.6) is 0 Å². The van der Waals surface area contributed by atoms with E-state index in [9.17, 15) is 4.79 Å². The summed E-state index contributed by atoms with van der Waals surface area (Å²) < 4.78 is 0. The van der Waals surface area contributed by atoms with Gasteiger partial charge in [-0.2, -0.15) is 0 Å². The first-order valence-corrected chi connectivity index (χ1v) is 8.19. The Bertz CT molecular complexity index is 717. The Morgan fingerprint density at radius 1 is 1.22 bits per heavy atom. The molecule has 3 rings (SSSR count). The Balaban J connectivity index is 1.67. The van der Waals surface area contributed by atoms with Crippen molar-refractivity contribution in [3.63, 3.8) is 0 Å². The first kappa shape index (κ1) is 16.0. The number of pyridine rings is 2. The summed E-state index contributed by atoms with van der Waals surface area (Å²) in [5, 5.41) is 3.32. The average molecular weight is 351 g/mol. The van der Waals surface area contributed by atoms with E-state index in [2.05, 4.69) is 20.2 Å². The molecule has 7 heteroatoms. The maximum atomic E-state index is 12.2. The van der Waals surface area contributed by atoms with E-state index in [-0.39, 0.29) is 21.8 Å². The number of carbonyl (C=O) groups is 1. The van der Waals surface area contributed by atoms with Crippen molar-refractivity contribution >= 4 is 34.9 Å². The van der Waals surface area contributed by atoms with Gasteiger partial charge in [0.05, 0.1) is 5.02 Å². The SMILES string of the molecule is O=C(NCc1ccnc(N2CCCC2)c1)c1nc(Cl)ccc1Cl. The molecule has 2 aromatic rings. The second-order valence-corrected chi connectivity index (χ2v) is 6.16. The Kier molecular flexibility index (Phi) is 4.98. The van der Waals surface area contributed by atoms with E-state index >= 15 is 0 Å². The van der Waals surface area contributed by atoms with Crippen molar-refractivity contribution in [2.75, 3.05) is 18.0 Å². The van der Waals surface area contributed by atoms with Crippen molar-refractivity contribution in [1.29, 1.82) is 0 Å². The summed E-state index contributed by atoms with van der Waals surface area (Å²) >= 11 is 11.8. The molecular formula is C16H16Cl2N4O. The molecule has 2 aromatic heterocycles. The Labute approximate surface area is 144 Å². The zero-order valence-corrected chi connectivity index (χ0v) is 13.9. The van der Waals surface area contributed by atoms with Crippen LogP contribution in [-0.4, -0.2) is 29.0 Å². The van der Waals surface area contributed by atoms with Gasteiger partial charge in [0.2, 0.25) is 0 Å². The number of amides is 1. The largest absolute Gasteiger partial charge is 0.357 e. The van der Waals surface area contributed by atoms with Gasteiger partial charge >= 0.3 is 0 Å². The van der Waals surface area contributed by atoms with Crippen molar-refractivity contribution in [2.24, 2.45) is 0 Å². The third kappa shape index (κ3) is 3.92. The van der Waals surface area contributed by atoms with Crippen LogP contribution in [0.1, 0.15) is 28.9 Å². The fourth-order valence-corrected chi connectivity index (χ4v) is 2.87. The lowest BCUT2D eigenvalue weighted by molar-refractivity contribution is 0.0946. The fraction of sp³-hybridized carbons (Fsp3) is 0.312. The summed E-state index contributed by atoms with van der Waals surface area (Å²) in [4.78, 5) is 22.8. The first-order chi connectivity index (χ1) is 11.1. The number of carbonyl (C=O) groups excluding carboxylic acids is 1. The number of aromatic nitrogens is 2. The highest BCUT2D eigenvalue weighted by molar-refractivity contribution is 6.34. The highest BCUT2D eigenvalue weighted by Gasteiger charge is 2.15. The van der Waals surface area contributed by atoms with Crippen molar-refractivity contribution in [3.05, 3.63) is 51.9 Å². The predicted molar refractivity (Wildman–Crippen MR) is 91.1 cm³/mol. The van der Waals surface area contributed by atoms with Crippen LogP contribution in [0.2, 0.25) is 10.2 Å². The van der Waals surface area contributed by atoms with Crippen LogP contribution in [0.4, 0.5) is 5.82 Å². The molecule has 0 bridgehead atoms. The summed E-state index contributed by atoms with van der Waals surface area (Å²) in [6, 6.07) is 6.99. The standard InChI is InChI=1S/C16H16Cl2N4O/c17-12-3-4-13(18)21-15(12)16(23)20-10-11-5-6-19-14(9-11)22-7-1-2-8-22/h3-6,9H,1-2,7-8,10H2,(H,20,23). The molecule has 1 saturated heterocycles. The van der Waals surface area contributed by atoms with E-state index in [1.54, 1.807) is 18.3 Å². The zero-order chi connectivity index (χ0) is 16.2. The van der Waals surface area contributed by atoms with Gasteiger partial charge in [0.1, 0.15) is 16.7 Å². The molecule has 0 radical (unpaired) electrons. The topological polar surface area (TPSA) is 58.1 Å². The summed E-state index contributed by atoms with van der Waals surface area (Å²) in [6.07, 6.45) is 4.16. The molecule has 0 aliphatic carbocycles. The van der Waals surface area contributed by atoms with Crippen molar-refractivity contribution in [3.8, 4) is 0 Å². The average Bonchev–Trinajstić information content (AvgIpc) is 3.10. The van der Waals surface area contributed by atoms with Crippen LogP contribution in [0.3, 0.4) is 0 Å². The number of hydrogen-bond donors (Lipinski definition) is 1. The Morgan fingerprint density at radius 3 is 2.78 bits per heavy atom. The molecule has 1 aliphatic rings. The molecule has 1 fully saturated rings. The van der Waals surface area contributed by atoms with Gasteiger partial charge in [-0.1, -0.05) is 23.2 Å². The third-order valence-corrected chi connectivity index (χ3v) is 4.24. The Morgan fingerprint density at radius 2 is 2.00 bits per heavy atom. The molecule has 23 heavy (non-hydrogen) atoms. The molecule has 0 saturated carbocycles. The number of halogens is 2. The van der Waals surface area contributed by atoms with E-state index in [0.717, 1.165) is 24.5 Å². The molecule has 5 nitrogen and oxygen atoms in total. The molecule has 0 aromatic carbocycles. The van der Waals surface area contributed by atoms with Gasteiger partial charge in [-0.15, -0.1) is 0 Å². The van der Waals surface area contributed by atoms with Crippen molar-refractivity contribution in [1.82, 2.24) is 15.3 Å². The van der Waals surface area contributed by atoms with E-state index in [1.807, 2.05) is 12.1 Å². The molecular weight excluding hydrogens is 335 g/mol. The highest BCUT2D eigenvalue weighted by atomic mass is 35.5. The second kappa shape index (κ2) is 7.15. The third-order valence-electron chi connectivity index (χ3n) is 3.72. The Hall–Kier alpha value is -1.85. The van der Waals surface area contributed by atoms with E-state index in [4.69, 9.17) is 23.2 Å². The number of rotatable bonds is 4. The maximum Gasteiger partial charge on any atom is 0.271 e. The zero-order valence-electron chi connectivity index (χ0n) is 12.4. The quantitative estimate of drug-likeness (QED) is 0.859. The van der Waals surface area contributed by atoms with Crippen molar-refractivity contribution in [2.45, 2.75) is 19.4 Å². The van der Waals surface area contributed by atoms with Crippen LogP contribution in [0.25, 0.3) is 0 Å². The summed E-state index contributed by atoms with van der Waals surface area (Å²) in [5.74, 6) is 0.602. The molecule has 1 aliphatic heterocycles. The lowest BCUT2D eigenvalue weighted by atomic mass is 10.2. The van der Waals surface area contributed by atoms with Gasteiger partial charge in [-0.25, -0.2) is 9.97 Å². The van der Waals surface area contributed by atoms with Crippen LogP contribution < -0.4 is 10.2 Å². The van der Waals surface area contributed by atoms with Crippen LogP contribution in [0.15, 0.2) is 30.5 Å². The molecule has 3 heterocycles. The minimum atomic E-state index is -0.350.